The summed E-state index contributed by atoms with van der Waals surface area (Å²) in [6, 6.07) is 22.5. The summed E-state index contributed by atoms with van der Waals surface area (Å²) in [6.45, 7) is 7.89. The third kappa shape index (κ3) is 6.48. The van der Waals surface area contributed by atoms with Gasteiger partial charge in [-0.25, -0.2) is 10.9 Å². The molecule has 3 aromatic rings. The molecular formula is C28H30N4O2. The van der Waals surface area contributed by atoms with Gasteiger partial charge in [0, 0.05) is 11.1 Å². The Balaban J connectivity index is 1.58. The minimum absolute atomic E-state index is 0.346. The van der Waals surface area contributed by atoms with E-state index in [-0.39, 0.29) is 11.8 Å². The molecule has 0 atom stereocenters. The van der Waals surface area contributed by atoms with Crippen LogP contribution in [0.2, 0.25) is 0 Å². The topological polar surface area (TPSA) is 82.9 Å². The fourth-order valence-corrected chi connectivity index (χ4v) is 3.26. The molecule has 0 saturated heterocycles. The minimum atomic E-state index is -0.346. The summed E-state index contributed by atoms with van der Waals surface area (Å²) in [4.78, 5) is 24.9. The van der Waals surface area contributed by atoms with Crippen molar-refractivity contribution in [3.05, 3.63) is 106 Å². The molecule has 0 bridgehead atoms. The number of aryl methyl sites for hydroxylation is 2. The first-order valence-corrected chi connectivity index (χ1v) is 11.4. The Labute approximate surface area is 200 Å². The summed E-state index contributed by atoms with van der Waals surface area (Å²) in [6.07, 6.45) is 1.94. The predicted molar refractivity (Wildman–Crippen MR) is 137 cm³/mol. The van der Waals surface area contributed by atoms with Crippen molar-refractivity contribution in [3.8, 4) is 0 Å². The molecule has 0 aliphatic carbocycles. The number of hydrazone groups is 2. The smallest absolute Gasteiger partial charge is 0.267 e. The second kappa shape index (κ2) is 11.7. The molecule has 0 fully saturated rings. The predicted octanol–water partition coefficient (Wildman–Crippen LogP) is 5.12. The van der Waals surface area contributed by atoms with Gasteiger partial charge in [0.1, 0.15) is 0 Å². The first-order chi connectivity index (χ1) is 16.4. The lowest BCUT2D eigenvalue weighted by Crippen LogP contribution is -2.21. The van der Waals surface area contributed by atoms with E-state index in [9.17, 15) is 9.59 Å². The second-order valence-electron chi connectivity index (χ2n) is 7.95. The van der Waals surface area contributed by atoms with E-state index < -0.39 is 0 Å². The average molecular weight is 455 g/mol. The van der Waals surface area contributed by atoms with Crippen molar-refractivity contribution in [2.75, 3.05) is 0 Å². The number of nitrogens with one attached hydrogen (secondary N) is 2. The van der Waals surface area contributed by atoms with Crippen LogP contribution in [0.3, 0.4) is 0 Å². The van der Waals surface area contributed by atoms with Gasteiger partial charge in [0.25, 0.3) is 11.8 Å². The Kier molecular flexibility index (Phi) is 8.46. The van der Waals surface area contributed by atoms with Crippen molar-refractivity contribution >= 4 is 23.2 Å². The van der Waals surface area contributed by atoms with Crippen molar-refractivity contribution in [3.63, 3.8) is 0 Å². The molecule has 2 amide bonds. The normalized spacial score (nSPS) is 11.8. The van der Waals surface area contributed by atoms with Crippen molar-refractivity contribution in [1.29, 1.82) is 0 Å². The van der Waals surface area contributed by atoms with E-state index in [1.807, 2.05) is 62.4 Å². The van der Waals surface area contributed by atoms with Crippen molar-refractivity contribution in [2.45, 2.75) is 40.5 Å². The van der Waals surface area contributed by atoms with Gasteiger partial charge in [-0.05, 0) is 73.2 Å². The lowest BCUT2D eigenvalue weighted by molar-refractivity contribution is 0.0943. The molecule has 6 nitrogen and oxygen atoms in total. The third-order valence-electron chi connectivity index (χ3n) is 5.62. The molecule has 0 aromatic heterocycles. The maximum absolute atomic E-state index is 12.4. The number of rotatable bonds is 8. The number of carbonyl (C=O) groups is 2. The van der Waals surface area contributed by atoms with Gasteiger partial charge in [-0.1, -0.05) is 62.4 Å². The summed E-state index contributed by atoms with van der Waals surface area (Å²) in [7, 11) is 0. The van der Waals surface area contributed by atoms with Crippen LogP contribution in [-0.2, 0) is 12.8 Å². The van der Waals surface area contributed by atoms with Gasteiger partial charge in [0.2, 0.25) is 0 Å². The highest BCUT2D eigenvalue weighted by Crippen LogP contribution is 2.09. The van der Waals surface area contributed by atoms with Gasteiger partial charge in [0.15, 0.2) is 0 Å². The van der Waals surface area contributed by atoms with E-state index in [1.165, 1.54) is 11.1 Å². The van der Waals surface area contributed by atoms with Crippen molar-refractivity contribution in [1.82, 2.24) is 10.9 Å². The van der Waals surface area contributed by atoms with Crippen LogP contribution in [0.1, 0.15) is 70.7 Å². The third-order valence-corrected chi connectivity index (χ3v) is 5.62. The van der Waals surface area contributed by atoms with E-state index >= 15 is 0 Å². The van der Waals surface area contributed by atoms with Crippen LogP contribution < -0.4 is 10.9 Å². The van der Waals surface area contributed by atoms with Gasteiger partial charge >= 0.3 is 0 Å². The van der Waals surface area contributed by atoms with Crippen molar-refractivity contribution < 1.29 is 9.59 Å². The van der Waals surface area contributed by atoms with Gasteiger partial charge in [-0.3, -0.25) is 9.59 Å². The first-order valence-electron chi connectivity index (χ1n) is 11.4. The summed E-state index contributed by atoms with van der Waals surface area (Å²) in [5.41, 5.74) is 11.8. The maximum Gasteiger partial charge on any atom is 0.271 e. The van der Waals surface area contributed by atoms with Gasteiger partial charge in [-0.15, -0.1) is 0 Å². The standard InChI is InChI=1S/C28H30N4O2/c1-5-21-7-11-23(12-8-21)19(3)29-31-27(33)25-15-17-26(18-16-25)28(34)32-30-20(4)24-13-9-22(6-2)10-14-24/h7-18H,5-6H2,1-4H3,(H,31,33)(H,32,34). The molecule has 0 aliphatic rings. The molecule has 3 rings (SSSR count). The number of hydrogen-bond donors (Lipinski definition) is 2. The van der Waals surface area contributed by atoms with E-state index in [1.54, 1.807) is 24.3 Å². The maximum atomic E-state index is 12.4. The van der Waals surface area contributed by atoms with Crippen LogP contribution in [0.15, 0.2) is 83.0 Å². The zero-order valence-corrected chi connectivity index (χ0v) is 20.1. The molecule has 2 N–H and O–H groups in total. The zero-order chi connectivity index (χ0) is 24.5. The number of benzene rings is 3. The molecule has 6 heteroatoms. The summed E-state index contributed by atoms with van der Waals surface area (Å²) < 4.78 is 0. The zero-order valence-electron chi connectivity index (χ0n) is 20.1. The van der Waals surface area contributed by atoms with E-state index in [4.69, 9.17) is 0 Å². The lowest BCUT2D eigenvalue weighted by Gasteiger charge is -2.06. The average Bonchev–Trinajstić information content (AvgIpc) is 2.90. The van der Waals surface area contributed by atoms with Gasteiger partial charge in [0.05, 0.1) is 11.4 Å². The summed E-state index contributed by atoms with van der Waals surface area (Å²) >= 11 is 0. The van der Waals surface area contributed by atoms with Crippen molar-refractivity contribution in [2.24, 2.45) is 10.2 Å². The SMILES string of the molecule is CCc1ccc(C(C)=NNC(=O)c2ccc(C(=O)NN=C(C)c3ccc(CC)cc3)cc2)cc1. The molecule has 3 aromatic carbocycles. The van der Waals surface area contributed by atoms with Crippen LogP contribution >= 0.6 is 0 Å². The molecule has 34 heavy (non-hydrogen) atoms. The molecule has 0 aliphatic heterocycles. The van der Waals surface area contributed by atoms with E-state index in [2.05, 4.69) is 34.9 Å². The quantitative estimate of drug-likeness (QED) is 0.366. The lowest BCUT2D eigenvalue weighted by atomic mass is 10.1. The Hall–Kier alpha value is -4.06. The molecule has 0 radical (unpaired) electrons. The van der Waals surface area contributed by atoms with Crippen LogP contribution in [0.25, 0.3) is 0 Å². The minimum Gasteiger partial charge on any atom is -0.267 e. The Morgan fingerprint density at radius 3 is 1.15 bits per heavy atom. The van der Waals surface area contributed by atoms with E-state index in [0.717, 1.165) is 24.0 Å². The highest BCUT2D eigenvalue weighted by atomic mass is 16.2. The largest absolute Gasteiger partial charge is 0.271 e. The molecule has 0 heterocycles. The Morgan fingerprint density at radius 1 is 0.559 bits per heavy atom. The van der Waals surface area contributed by atoms with Crippen LogP contribution in [0.5, 0.6) is 0 Å². The van der Waals surface area contributed by atoms with Crippen LogP contribution in [0.4, 0.5) is 0 Å². The van der Waals surface area contributed by atoms with Crippen LogP contribution in [-0.4, -0.2) is 23.2 Å². The number of amides is 2. The Morgan fingerprint density at radius 2 is 0.853 bits per heavy atom. The number of nitrogens with zero attached hydrogens (tertiary/aromatic N) is 2. The number of hydrogen-bond acceptors (Lipinski definition) is 4. The van der Waals surface area contributed by atoms with E-state index in [0.29, 0.717) is 22.6 Å². The van der Waals surface area contributed by atoms with Gasteiger partial charge in [-0.2, -0.15) is 10.2 Å². The molecular weight excluding hydrogens is 424 g/mol. The molecule has 0 unspecified atom stereocenters. The molecule has 174 valence electrons. The molecule has 0 saturated carbocycles. The summed E-state index contributed by atoms with van der Waals surface area (Å²) in [5.74, 6) is -0.693. The fraction of sp³-hybridized carbons (Fsp3) is 0.214. The first kappa shape index (κ1) is 24.6. The Bertz CT molecular complexity index is 1100. The number of carbonyl (C=O) groups excluding carboxylic acids is 2. The summed E-state index contributed by atoms with van der Waals surface area (Å²) in [5, 5.41) is 8.38. The fourth-order valence-electron chi connectivity index (χ4n) is 3.26. The second-order valence-corrected chi connectivity index (χ2v) is 7.95. The monoisotopic (exact) mass is 454 g/mol. The van der Waals surface area contributed by atoms with Gasteiger partial charge < -0.3 is 0 Å². The molecule has 0 spiro atoms. The highest BCUT2D eigenvalue weighted by Gasteiger charge is 2.09. The van der Waals surface area contributed by atoms with Crippen LogP contribution in [0, 0.1) is 0 Å². The highest BCUT2D eigenvalue weighted by molar-refractivity contribution is 6.02.